The number of rotatable bonds is 5. The first-order valence-electron chi connectivity index (χ1n) is 8.23. The van der Waals surface area contributed by atoms with E-state index in [0.29, 0.717) is 24.8 Å². The summed E-state index contributed by atoms with van der Waals surface area (Å²) in [6, 6.07) is 6.20. The van der Waals surface area contributed by atoms with Crippen LogP contribution < -0.4 is 0 Å². The van der Waals surface area contributed by atoms with Crippen LogP contribution in [0.25, 0.3) is 0 Å². The van der Waals surface area contributed by atoms with Gasteiger partial charge in [-0.1, -0.05) is 36.2 Å². The average Bonchev–Trinajstić information content (AvgIpc) is 2.58. The Hall–Kier alpha value is -2.00. The van der Waals surface area contributed by atoms with Crippen LogP contribution in [-0.4, -0.2) is 18.8 Å². The third kappa shape index (κ3) is 3.45. The van der Waals surface area contributed by atoms with Crippen molar-refractivity contribution in [1.82, 2.24) is 4.31 Å². The first-order chi connectivity index (χ1) is 12.6. The van der Waals surface area contributed by atoms with E-state index >= 15 is 0 Å². The second-order valence-corrected chi connectivity index (χ2v) is 8.35. The average molecular weight is 405 g/mol. The first-order valence-corrected chi connectivity index (χ1v) is 9.67. The molecule has 27 heavy (non-hydrogen) atoms. The van der Waals surface area contributed by atoms with Gasteiger partial charge < -0.3 is 0 Å². The lowest BCUT2D eigenvalue weighted by atomic mass is 9.93. The Kier molecular flexibility index (Phi) is 5.27. The van der Waals surface area contributed by atoms with Crippen LogP contribution in [0, 0.1) is 36.0 Å². The predicted molar refractivity (Wildman–Crippen MR) is 87.8 cm³/mol. The van der Waals surface area contributed by atoms with Crippen LogP contribution in [0.3, 0.4) is 0 Å². The minimum atomic E-state index is -4.96. The first kappa shape index (κ1) is 19.8. The lowest BCUT2D eigenvalue weighted by Crippen LogP contribution is -2.44. The van der Waals surface area contributed by atoms with Crippen molar-refractivity contribution >= 4 is 10.0 Å². The molecule has 1 aliphatic rings. The minimum Gasteiger partial charge on any atom is -0.207 e. The standard InChI is InChI=1S/C18H16F5NO2S/c1-10-5-7-11(8-6-10)9-24(12-3-2-4-12)27(25,26)18-16(22)14(20)13(19)15(21)17(18)23/h5-8,12H,2-4,9H2,1H3. The van der Waals surface area contributed by atoms with Gasteiger partial charge in [0.25, 0.3) is 0 Å². The number of hydrogen-bond donors (Lipinski definition) is 0. The summed E-state index contributed by atoms with van der Waals surface area (Å²) in [6.45, 7) is 1.60. The Morgan fingerprint density at radius 1 is 0.889 bits per heavy atom. The molecule has 2 aromatic rings. The van der Waals surface area contributed by atoms with E-state index in [1.807, 2.05) is 6.92 Å². The molecule has 3 rings (SSSR count). The van der Waals surface area contributed by atoms with E-state index in [-0.39, 0.29) is 6.54 Å². The van der Waals surface area contributed by atoms with Crippen LogP contribution >= 0.6 is 0 Å². The zero-order valence-electron chi connectivity index (χ0n) is 14.3. The molecule has 0 bridgehead atoms. The van der Waals surface area contributed by atoms with Gasteiger partial charge in [0.2, 0.25) is 15.8 Å². The zero-order chi connectivity index (χ0) is 19.9. The predicted octanol–water partition coefficient (Wildman–Crippen LogP) is 4.43. The van der Waals surface area contributed by atoms with Crippen molar-refractivity contribution in [2.75, 3.05) is 0 Å². The summed E-state index contributed by atoms with van der Waals surface area (Å²) in [5.41, 5.74) is 1.47. The number of sulfonamides is 1. The number of benzene rings is 2. The van der Waals surface area contributed by atoms with Crippen LogP contribution in [0.1, 0.15) is 30.4 Å². The fraction of sp³-hybridized carbons (Fsp3) is 0.333. The van der Waals surface area contributed by atoms with Crippen molar-refractivity contribution in [3.63, 3.8) is 0 Å². The van der Waals surface area contributed by atoms with Gasteiger partial charge in [-0.3, -0.25) is 0 Å². The number of halogens is 5. The summed E-state index contributed by atoms with van der Waals surface area (Å²) in [7, 11) is -4.96. The van der Waals surface area contributed by atoms with Gasteiger partial charge in [0.15, 0.2) is 28.2 Å². The maximum atomic E-state index is 14.1. The summed E-state index contributed by atoms with van der Waals surface area (Å²) in [6.07, 6.45) is 1.60. The summed E-state index contributed by atoms with van der Waals surface area (Å²) in [4.78, 5) is -1.81. The Bertz CT molecular complexity index is 943. The van der Waals surface area contributed by atoms with Gasteiger partial charge in [-0.25, -0.2) is 30.4 Å². The van der Waals surface area contributed by atoms with Crippen molar-refractivity contribution in [3.8, 4) is 0 Å². The van der Waals surface area contributed by atoms with Gasteiger partial charge in [-0.2, -0.15) is 4.31 Å². The van der Waals surface area contributed by atoms with Gasteiger partial charge >= 0.3 is 0 Å². The van der Waals surface area contributed by atoms with E-state index in [4.69, 9.17) is 0 Å². The van der Waals surface area contributed by atoms with E-state index in [2.05, 4.69) is 0 Å². The van der Waals surface area contributed by atoms with E-state index in [1.54, 1.807) is 24.3 Å². The van der Waals surface area contributed by atoms with Crippen molar-refractivity contribution in [1.29, 1.82) is 0 Å². The fourth-order valence-corrected chi connectivity index (χ4v) is 4.68. The quantitative estimate of drug-likeness (QED) is 0.419. The van der Waals surface area contributed by atoms with Crippen LogP contribution in [0.15, 0.2) is 29.2 Å². The van der Waals surface area contributed by atoms with Gasteiger partial charge in [0, 0.05) is 12.6 Å². The highest BCUT2D eigenvalue weighted by molar-refractivity contribution is 7.89. The summed E-state index contributed by atoms with van der Waals surface area (Å²) in [5.74, 6) is -11.6. The maximum Gasteiger partial charge on any atom is 0.249 e. The highest BCUT2D eigenvalue weighted by Crippen LogP contribution is 2.35. The Morgan fingerprint density at radius 3 is 1.81 bits per heavy atom. The van der Waals surface area contributed by atoms with Gasteiger partial charge in [-0.05, 0) is 25.3 Å². The molecule has 0 amide bonds. The zero-order valence-corrected chi connectivity index (χ0v) is 15.1. The molecule has 9 heteroatoms. The molecule has 0 N–H and O–H groups in total. The van der Waals surface area contributed by atoms with Crippen LogP contribution in [-0.2, 0) is 16.6 Å². The molecule has 0 saturated heterocycles. The molecule has 0 spiro atoms. The van der Waals surface area contributed by atoms with Crippen LogP contribution in [0.4, 0.5) is 22.0 Å². The largest absolute Gasteiger partial charge is 0.249 e. The Balaban J connectivity index is 2.10. The van der Waals surface area contributed by atoms with Crippen molar-refractivity contribution < 1.29 is 30.4 Å². The summed E-state index contributed by atoms with van der Waals surface area (Å²) in [5, 5.41) is 0. The number of aryl methyl sites for hydroxylation is 1. The highest BCUT2D eigenvalue weighted by atomic mass is 32.2. The normalized spacial score (nSPS) is 15.2. The minimum absolute atomic E-state index is 0.229. The SMILES string of the molecule is Cc1ccc(CN(C2CCC2)S(=O)(=O)c2c(F)c(F)c(F)c(F)c2F)cc1. The molecule has 146 valence electrons. The van der Waals surface area contributed by atoms with Crippen LogP contribution in [0.2, 0.25) is 0 Å². The Morgan fingerprint density at radius 2 is 1.37 bits per heavy atom. The molecule has 1 saturated carbocycles. The van der Waals surface area contributed by atoms with Crippen molar-refractivity contribution in [2.45, 2.75) is 43.7 Å². The molecule has 1 aliphatic carbocycles. The molecular weight excluding hydrogens is 389 g/mol. The van der Waals surface area contributed by atoms with E-state index < -0.39 is 50.0 Å². The highest BCUT2D eigenvalue weighted by Gasteiger charge is 2.41. The molecule has 0 aliphatic heterocycles. The van der Waals surface area contributed by atoms with Crippen molar-refractivity contribution in [2.24, 2.45) is 0 Å². The van der Waals surface area contributed by atoms with Gasteiger partial charge in [0.1, 0.15) is 0 Å². The number of hydrogen-bond acceptors (Lipinski definition) is 2. The third-order valence-corrected chi connectivity index (χ3v) is 6.60. The van der Waals surface area contributed by atoms with Crippen LogP contribution in [0.5, 0.6) is 0 Å². The van der Waals surface area contributed by atoms with Gasteiger partial charge in [-0.15, -0.1) is 0 Å². The molecule has 0 aromatic heterocycles. The molecule has 0 atom stereocenters. The maximum absolute atomic E-state index is 14.1. The lowest BCUT2D eigenvalue weighted by molar-refractivity contribution is 0.211. The number of nitrogens with zero attached hydrogens (tertiary/aromatic N) is 1. The third-order valence-electron chi connectivity index (χ3n) is 4.68. The van der Waals surface area contributed by atoms with E-state index in [9.17, 15) is 30.4 Å². The van der Waals surface area contributed by atoms with E-state index in [0.717, 1.165) is 9.87 Å². The topological polar surface area (TPSA) is 37.4 Å². The van der Waals surface area contributed by atoms with Crippen molar-refractivity contribution in [3.05, 3.63) is 64.5 Å². The molecule has 1 fully saturated rings. The monoisotopic (exact) mass is 405 g/mol. The molecule has 0 radical (unpaired) electrons. The van der Waals surface area contributed by atoms with E-state index in [1.165, 1.54) is 0 Å². The molecular formula is C18H16F5NO2S. The lowest BCUT2D eigenvalue weighted by Gasteiger charge is -2.36. The molecule has 2 aromatic carbocycles. The molecule has 0 unspecified atom stereocenters. The molecule has 3 nitrogen and oxygen atoms in total. The Labute approximate surface area is 153 Å². The summed E-state index contributed by atoms with van der Waals surface area (Å²) < 4.78 is 95.1. The molecule has 0 heterocycles. The second-order valence-electron chi connectivity index (χ2n) is 6.52. The fourth-order valence-electron chi connectivity index (χ4n) is 2.89. The van der Waals surface area contributed by atoms with Gasteiger partial charge in [0.05, 0.1) is 0 Å². The smallest absolute Gasteiger partial charge is 0.207 e. The summed E-state index contributed by atoms with van der Waals surface area (Å²) >= 11 is 0. The second kappa shape index (κ2) is 7.20.